The second-order valence-corrected chi connectivity index (χ2v) is 2.39. The van der Waals surface area contributed by atoms with Gasteiger partial charge in [0.15, 0.2) is 0 Å². The maximum Gasteiger partial charge on any atom is 0.142 e. The van der Waals surface area contributed by atoms with E-state index in [1.54, 1.807) is 18.2 Å². The molecule has 0 saturated heterocycles. The molecule has 10 heavy (non-hydrogen) atoms. The van der Waals surface area contributed by atoms with E-state index in [0.717, 1.165) is 0 Å². The van der Waals surface area contributed by atoms with Crippen LogP contribution in [0.4, 0.5) is 0 Å². The highest BCUT2D eigenvalue weighted by molar-refractivity contribution is 5.23. The van der Waals surface area contributed by atoms with Gasteiger partial charge in [-0.3, -0.25) is 5.73 Å². The first-order valence-corrected chi connectivity index (χ1v) is 3.16. The summed E-state index contributed by atoms with van der Waals surface area (Å²) in [7, 11) is 0. The van der Waals surface area contributed by atoms with Gasteiger partial charge in [-0.1, -0.05) is 24.3 Å². The maximum absolute atomic E-state index is 9.40. The van der Waals surface area contributed by atoms with Crippen molar-refractivity contribution in [3.63, 3.8) is 0 Å². The molecule has 0 aromatic heterocycles. The molecule has 54 valence electrons. The molecule has 2 heteroatoms. The minimum Gasteiger partial charge on any atom is -0.371 e. The summed E-state index contributed by atoms with van der Waals surface area (Å²) < 4.78 is 0. The fourth-order valence-electron chi connectivity index (χ4n) is 0.926. The SMILES string of the molecule is C=CC1C=CC=CC1(N)O. The van der Waals surface area contributed by atoms with Crippen molar-refractivity contribution in [2.24, 2.45) is 11.7 Å². The second kappa shape index (κ2) is 2.40. The monoisotopic (exact) mass is 137 g/mol. The molecule has 0 aromatic carbocycles. The molecule has 0 saturated carbocycles. The lowest BCUT2D eigenvalue weighted by Crippen LogP contribution is -2.44. The molecule has 0 fully saturated rings. The number of hydrogen-bond donors (Lipinski definition) is 2. The summed E-state index contributed by atoms with van der Waals surface area (Å²) in [6, 6.07) is 0. The van der Waals surface area contributed by atoms with Gasteiger partial charge in [0.05, 0.1) is 0 Å². The van der Waals surface area contributed by atoms with Crippen LogP contribution in [-0.2, 0) is 0 Å². The van der Waals surface area contributed by atoms with Crippen LogP contribution in [0.5, 0.6) is 0 Å². The van der Waals surface area contributed by atoms with Crippen LogP contribution in [0.3, 0.4) is 0 Å². The van der Waals surface area contributed by atoms with Gasteiger partial charge in [0.25, 0.3) is 0 Å². The van der Waals surface area contributed by atoms with Gasteiger partial charge in [0.2, 0.25) is 0 Å². The third kappa shape index (κ3) is 1.17. The van der Waals surface area contributed by atoms with Crippen LogP contribution in [0.25, 0.3) is 0 Å². The summed E-state index contributed by atoms with van der Waals surface area (Å²) in [6.07, 6.45) is 8.56. The molecule has 1 aliphatic rings. The Labute approximate surface area is 60.4 Å². The average Bonchev–Trinajstić information content (AvgIpc) is 1.87. The van der Waals surface area contributed by atoms with Crippen molar-refractivity contribution in [2.45, 2.75) is 5.72 Å². The summed E-state index contributed by atoms with van der Waals surface area (Å²) in [4.78, 5) is 0. The van der Waals surface area contributed by atoms with E-state index < -0.39 is 5.72 Å². The lowest BCUT2D eigenvalue weighted by molar-refractivity contribution is 0.0709. The Balaban J connectivity index is 2.84. The molecule has 1 aliphatic carbocycles. The standard InChI is InChI=1S/C8H11NO/c1-2-7-5-3-4-6-8(7,9)10/h2-7,10H,1,9H2. The molecule has 0 spiro atoms. The van der Waals surface area contributed by atoms with Gasteiger partial charge in [0.1, 0.15) is 5.72 Å². The number of aliphatic hydroxyl groups is 1. The Bertz CT molecular complexity index is 191. The van der Waals surface area contributed by atoms with Crippen LogP contribution >= 0.6 is 0 Å². The van der Waals surface area contributed by atoms with Crippen molar-refractivity contribution >= 4 is 0 Å². The zero-order valence-corrected chi connectivity index (χ0v) is 5.70. The van der Waals surface area contributed by atoms with Crippen LogP contribution in [-0.4, -0.2) is 10.8 Å². The minimum atomic E-state index is -1.24. The summed E-state index contributed by atoms with van der Waals surface area (Å²) in [5.74, 6) is -0.169. The fraction of sp³-hybridized carbons (Fsp3) is 0.250. The summed E-state index contributed by atoms with van der Waals surface area (Å²) in [5, 5.41) is 9.40. The minimum absolute atomic E-state index is 0.169. The van der Waals surface area contributed by atoms with Crippen molar-refractivity contribution in [1.82, 2.24) is 0 Å². The molecule has 0 radical (unpaired) electrons. The fourth-order valence-corrected chi connectivity index (χ4v) is 0.926. The van der Waals surface area contributed by atoms with Crippen molar-refractivity contribution in [2.75, 3.05) is 0 Å². The molecule has 2 nitrogen and oxygen atoms in total. The van der Waals surface area contributed by atoms with Crippen LogP contribution in [0, 0.1) is 5.92 Å². The van der Waals surface area contributed by atoms with E-state index in [2.05, 4.69) is 6.58 Å². The molecular weight excluding hydrogens is 126 g/mol. The van der Waals surface area contributed by atoms with E-state index >= 15 is 0 Å². The van der Waals surface area contributed by atoms with Crippen molar-refractivity contribution < 1.29 is 5.11 Å². The summed E-state index contributed by atoms with van der Waals surface area (Å²) >= 11 is 0. The molecule has 0 aromatic rings. The van der Waals surface area contributed by atoms with Gasteiger partial charge in [-0.05, 0) is 6.08 Å². The highest BCUT2D eigenvalue weighted by atomic mass is 16.3. The highest BCUT2D eigenvalue weighted by Crippen LogP contribution is 2.19. The normalized spacial score (nSPS) is 38.0. The third-order valence-electron chi connectivity index (χ3n) is 1.58. The van der Waals surface area contributed by atoms with Crippen LogP contribution < -0.4 is 5.73 Å². The summed E-state index contributed by atoms with van der Waals surface area (Å²) in [5.41, 5.74) is 4.24. The van der Waals surface area contributed by atoms with E-state index in [1.165, 1.54) is 0 Å². The Morgan fingerprint density at radius 3 is 2.70 bits per heavy atom. The predicted octanol–water partition coefficient (Wildman–Crippen LogP) is 0.562. The van der Waals surface area contributed by atoms with Crippen LogP contribution in [0.1, 0.15) is 0 Å². The Hall–Kier alpha value is -0.860. The quantitative estimate of drug-likeness (QED) is 0.410. The molecule has 2 unspecified atom stereocenters. The molecule has 3 N–H and O–H groups in total. The first-order valence-electron chi connectivity index (χ1n) is 3.16. The molecule has 0 bridgehead atoms. The van der Waals surface area contributed by atoms with E-state index in [1.807, 2.05) is 12.2 Å². The molecule has 1 rings (SSSR count). The second-order valence-electron chi connectivity index (χ2n) is 2.39. The van der Waals surface area contributed by atoms with E-state index in [0.29, 0.717) is 0 Å². The average molecular weight is 137 g/mol. The van der Waals surface area contributed by atoms with Crippen molar-refractivity contribution in [1.29, 1.82) is 0 Å². The van der Waals surface area contributed by atoms with E-state index in [-0.39, 0.29) is 5.92 Å². The van der Waals surface area contributed by atoms with E-state index in [4.69, 9.17) is 5.73 Å². The van der Waals surface area contributed by atoms with Gasteiger partial charge < -0.3 is 5.11 Å². The first kappa shape index (κ1) is 7.25. The van der Waals surface area contributed by atoms with E-state index in [9.17, 15) is 5.11 Å². The maximum atomic E-state index is 9.40. The predicted molar refractivity (Wildman–Crippen MR) is 41.1 cm³/mol. The van der Waals surface area contributed by atoms with Crippen molar-refractivity contribution in [3.05, 3.63) is 37.0 Å². The van der Waals surface area contributed by atoms with Gasteiger partial charge in [-0.25, -0.2) is 0 Å². The van der Waals surface area contributed by atoms with Gasteiger partial charge in [0, 0.05) is 5.92 Å². The van der Waals surface area contributed by atoms with Crippen molar-refractivity contribution in [3.8, 4) is 0 Å². The number of hydrogen-bond acceptors (Lipinski definition) is 2. The summed E-state index contributed by atoms with van der Waals surface area (Å²) in [6.45, 7) is 3.55. The number of allylic oxidation sites excluding steroid dienone is 2. The topological polar surface area (TPSA) is 46.2 Å². The Kier molecular flexibility index (Phi) is 1.74. The van der Waals surface area contributed by atoms with Gasteiger partial charge in [-0.2, -0.15) is 0 Å². The first-order chi connectivity index (χ1) is 4.67. The zero-order valence-electron chi connectivity index (χ0n) is 5.70. The lowest BCUT2D eigenvalue weighted by Gasteiger charge is -2.26. The lowest BCUT2D eigenvalue weighted by atomic mass is 9.92. The number of rotatable bonds is 1. The smallest absolute Gasteiger partial charge is 0.142 e. The van der Waals surface area contributed by atoms with Gasteiger partial charge >= 0.3 is 0 Å². The Morgan fingerprint density at radius 2 is 2.30 bits per heavy atom. The zero-order chi connectivity index (χ0) is 7.61. The molecule has 2 atom stereocenters. The largest absolute Gasteiger partial charge is 0.371 e. The van der Waals surface area contributed by atoms with Crippen LogP contribution in [0.2, 0.25) is 0 Å². The Morgan fingerprint density at radius 1 is 1.60 bits per heavy atom. The van der Waals surface area contributed by atoms with Crippen LogP contribution in [0.15, 0.2) is 37.0 Å². The molecule has 0 aliphatic heterocycles. The highest BCUT2D eigenvalue weighted by Gasteiger charge is 2.26. The molecule has 0 amide bonds. The number of nitrogens with two attached hydrogens (primary N) is 1. The van der Waals surface area contributed by atoms with Gasteiger partial charge in [-0.15, -0.1) is 6.58 Å². The molecule has 0 heterocycles. The molecular formula is C8H11NO. The third-order valence-corrected chi connectivity index (χ3v) is 1.58.